The van der Waals surface area contributed by atoms with Crippen molar-refractivity contribution in [2.45, 2.75) is 6.92 Å². The fourth-order valence-electron chi connectivity index (χ4n) is 1.95. The number of ether oxygens (including phenoxy) is 1. The molecular formula is C17H17NO2. The number of benzene rings is 2. The van der Waals surface area contributed by atoms with Crippen LogP contribution in [0.25, 0.3) is 17.2 Å². The molecule has 0 unspecified atom stereocenters. The molecule has 0 aliphatic heterocycles. The third-order valence-corrected chi connectivity index (χ3v) is 2.84. The van der Waals surface area contributed by atoms with Crippen LogP contribution in [0.15, 0.2) is 54.6 Å². The molecule has 0 atom stereocenters. The van der Waals surface area contributed by atoms with Crippen LogP contribution in [0.3, 0.4) is 0 Å². The predicted molar refractivity (Wildman–Crippen MR) is 81.3 cm³/mol. The lowest BCUT2D eigenvalue weighted by atomic mass is 10.0. The normalized spacial score (nSPS) is 10.7. The highest BCUT2D eigenvalue weighted by Gasteiger charge is 2.04. The second-order valence-corrected chi connectivity index (χ2v) is 4.29. The van der Waals surface area contributed by atoms with Gasteiger partial charge in [-0.2, -0.15) is 0 Å². The zero-order valence-corrected chi connectivity index (χ0v) is 11.4. The summed E-state index contributed by atoms with van der Waals surface area (Å²) in [7, 11) is 0. The molecule has 0 aliphatic rings. The Balaban J connectivity index is 2.42. The van der Waals surface area contributed by atoms with Crippen molar-refractivity contribution in [2.24, 2.45) is 5.73 Å². The van der Waals surface area contributed by atoms with Gasteiger partial charge in [-0.25, -0.2) is 0 Å². The number of rotatable bonds is 5. The van der Waals surface area contributed by atoms with Gasteiger partial charge in [0.15, 0.2) is 0 Å². The maximum atomic E-state index is 10.9. The average Bonchev–Trinajstić information content (AvgIpc) is 2.47. The molecule has 20 heavy (non-hydrogen) atoms. The smallest absolute Gasteiger partial charge is 0.241 e. The van der Waals surface area contributed by atoms with E-state index in [0.29, 0.717) is 6.61 Å². The highest BCUT2D eigenvalue weighted by atomic mass is 16.5. The largest absolute Gasteiger partial charge is 0.493 e. The minimum absolute atomic E-state index is 0.474. The van der Waals surface area contributed by atoms with Gasteiger partial charge in [-0.05, 0) is 36.3 Å². The summed E-state index contributed by atoms with van der Waals surface area (Å²) in [6, 6.07) is 15.9. The number of primary amides is 1. The summed E-state index contributed by atoms with van der Waals surface area (Å²) >= 11 is 0. The lowest BCUT2D eigenvalue weighted by Gasteiger charge is -2.10. The van der Waals surface area contributed by atoms with E-state index < -0.39 is 5.91 Å². The first kappa shape index (κ1) is 13.9. The predicted octanol–water partition coefficient (Wildman–Crippen LogP) is 3.25. The molecule has 2 rings (SSSR count). The SMILES string of the molecule is CCOc1ccc(-c2ccccc2)cc1/C=C\C(N)=O. The van der Waals surface area contributed by atoms with E-state index in [1.165, 1.54) is 6.08 Å². The van der Waals surface area contributed by atoms with Gasteiger partial charge in [-0.3, -0.25) is 4.79 Å². The van der Waals surface area contributed by atoms with E-state index in [-0.39, 0.29) is 0 Å². The summed E-state index contributed by atoms with van der Waals surface area (Å²) in [5.41, 5.74) is 8.17. The summed E-state index contributed by atoms with van der Waals surface area (Å²) in [6.45, 7) is 2.49. The monoisotopic (exact) mass is 267 g/mol. The van der Waals surface area contributed by atoms with Gasteiger partial charge in [-0.1, -0.05) is 36.4 Å². The fraction of sp³-hybridized carbons (Fsp3) is 0.118. The molecule has 0 spiro atoms. The van der Waals surface area contributed by atoms with Gasteiger partial charge >= 0.3 is 0 Å². The summed E-state index contributed by atoms with van der Waals surface area (Å²) in [6.07, 6.45) is 3.02. The summed E-state index contributed by atoms with van der Waals surface area (Å²) in [5, 5.41) is 0. The van der Waals surface area contributed by atoms with E-state index in [0.717, 1.165) is 22.4 Å². The molecule has 0 bridgehead atoms. The first-order valence-corrected chi connectivity index (χ1v) is 6.50. The average molecular weight is 267 g/mol. The Kier molecular flexibility index (Phi) is 4.56. The first-order valence-electron chi connectivity index (χ1n) is 6.50. The first-order chi connectivity index (χ1) is 9.70. The van der Waals surface area contributed by atoms with Crippen molar-refractivity contribution in [1.82, 2.24) is 0 Å². The second kappa shape index (κ2) is 6.57. The maximum Gasteiger partial charge on any atom is 0.241 e. The molecule has 0 aliphatic carbocycles. The van der Waals surface area contributed by atoms with Gasteiger partial charge in [0.05, 0.1) is 6.61 Å². The van der Waals surface area contributed by atoms with Crippen molar-refractivity contribution in [1.29, 1.82) is 0 Å². The highest BCUT2D eigenvalue weighted by molar-refractivity contribution is 5.91. The topological polar surface area (TPSA) is 52.3 Å². The molecule has 102 valence electrons. The van der Waals surface area contributed by atoms with Gasteiger partial charge in [0.1, 0.15) is 5.75 Å². The van der Waals surface area contributed by atoms with Crippen LogP contribution in [-0.2, 0) is 4.79 Å². The van der Waals surface area contributed by atoms with E-state index in [1.807, 2.05) is 55.5 Å². The van der Waals surface area contributed by atoms with Gasteiger partial charge in [-0.15, -0.1) is 0 Å². The zero-order chi connectivity index (χ0) is 14.4. The Morgan fingerprint density at radius 2 is 1.90 bits per heavy atom. The van der Waals surface area contributed by atoms with E-state index in [4.69, 9.17) is 10.5 Å². The van der Waals surface area contributed by atoms with Gasteiger partial charge in [0.25, 0.3) is 0 Å². The molecule has 0 aromatic heterocycles. The van der Waals surface area contributed by atoms with E-state index in [9.17, 15) is 4.79 Å². The van der Waals surface area contributed by atoms with Gasteiger partial charge in [0, 0.05) is 11.6 Å². The van der Waals surface area contributed by atoms with Crippen molar-refractivity contribution >= 4 is 12.0 Å². The molecule has 3 heteroatoms. The minimum Gasteiger partial charge on any atom is -0.493 e. The van der Waals surface area contributed by atoms with Crippen molar-refractivity contribution in [3.05, 3.63) is 60.2 Å². The molecule has 0 fully saturated rings. The van der Waals surface area contributed by atoms with Crippen molar-refractivity contribution in [3.8, 4) is 16.9 Å². The summed E-state index contributed by atoms with van der Waals surface area (Å²) < 4.78 is 5.56. The van der Waals surface area contributed by atoms with Crippen LogP contribution in [0, 0.1) is 0 Å². The highest BCUT2D eigenvalue weighted by Crippen LogP contribution is 2.27. The van der Waals surface area contributed by atoms with Crippen molar-refractivity contribution in [2.75, 3.05) is 6.61 Å². The molecule has 0 saturated carbocycles. The van der Waals surface area contributed by atoms with Crippen LogP contribution in [0.4, 0.5) is 0 Å². The van der Waals surface area contributed by atoms with Crippen LogP contribution >= 0.6 is 0 Å². The number of carbonyl (C=O) groups excluding carboxylic acids is 1. The number of hydrogen-bond donors (Lipinski definition) is 1. The second-order valence-electron chi connectivity index (χ2n) is 4.29. The quantitative estimate of drug-likeness (QED) is 0.845. The molecule has 2 aromatic rings. The lowest BCUT2D eigenvalue weighted by Crippen LogP contribution is -2.05. The maximum absolute atomic E-state index is 10.9. The third kappa shape index (κ3) is 3.48. The Morgan fingerprint density at radius 1 is 1.15 bits per heavy atom. The molecule has 3 nitrogen and oxygen atoms in total. The minimum atomic E-state index is -0.474. The van der Waals surface area contributed by atoms with Crippen LogP contribution in [0.2, 0.25) is 0 Å². The van der Waals surface area contributed by atoms with Crippen LogP contribution in [-0.4, -0.2) is 12.5 Å². The third-order valence-electron chi connectivity index (χ3n) is 2.84. The standard InChI is InChI=1S/C17H17NO2/c1-2-20-16-10-8-14(13-6-4-3-5-7-13)12-15(16)9-11-17(18)19/h3-12H,2H2,1H3,(H2,18,19)/b11-9-. The molecular weight excluding hydrogens is 250 g/mol. The van der Waals surface area contributed by atoms with Gasteiger partial charge < -0.3 is 10.5 Å². The number of hydrogen-bond acceptors (Lipinski definition) is 2. The van der Waals surface area contributed by atoms with Crippen LogP contribution < -0.4 is 10.5 Å². The Morgan fingerprint density at radius 3 is 2.55 bits per heavy atom. The van der Waals surface area contributed by atoms with Gasteiger partial charge in [0.2, 0.25) is 5.91 Å². The van der Waals surface area contributed by atoms with Crippen molar-refractivity contribution < 1.29 is 9.53 Å². The zero-order valence-electron chi connectivity index (χ0n) is 11.4. The lowest BCUT2D eigenvalue weighted by molar-refractivity contribution is -0.113. The molecule has 0 radical (unpaired) electrons. The molecule has 0 saturated heterocycles. The molecule has 1 amide bonds. The Bertz CT molecular complexity index is 618. The number of carbonyl (C=O) groups is 1. The fourth-order valence-corrected chi connectivity index (χ4v) is 1.95. The Hall–Kier alpha value is -2.55. The van der Waals surface area contributed by atoms with Crippen LogP contribution in [0.1, 0.15) is 12.5 Å². The Labute approximate surface area is 118 Å². The summed E-state index contributed by atoms with van der Waals surface area (Å²) in [5.74, 6) is 0.266. The van der Waals surface area contributed by atoms with Crippen molar-refractivity contribution in [3.63, 3.8) is 0 Å². The number of nitrogens with two attached hydrogens (primary N) is 1. The van der Waals surface area contributed by atoms with E-state index in [1.54, 1.807) is 6.08 Å². The van der Waals surface area contributed by atoms with Crippen LogP contribution in [0.5, 0.6) is 5.75 Å². The molecule has 0 heterocycles. The molecule has 2 N–H and O–H groups in total. The van der Waals surface area contributed by atoms with E-state index in [2.05, 4.69) is 0 Å². The molecule has 2 aromatic carbocycles. The number of amides is 1. The van der Waals surface area contributed by atoms with E-state index >= 15 is 0 Å². The summed E-state index contributed by atoms with van der Waals surface area (Å²) in [4.78, 5) is 10.9.